The van der Waals surface area contributed by atoms with Crippen molar-refractivity contribution in [1.29, 1.82) is 0 Å². The summed E-state index contributed by atoms with van der Waals surface area (Å²) >= 11 is 0. The Morgan fingerprint density at radius 2 is 1.63 bits per heavy atom. The summed E-state index contributed by atoms with van der Waals surface area (Å²) in [6, 6.07) is 7.85. The molecule has 0 saturated heterocycles. The molecule has 0 amide bonds. The highest BCUT2D eigenvalue weighted by atomic mass is 19.4. The van der Waals surface area contributed by atoms with Gasteiger partial charge in [-0.1, -0.05) is 24.3 Å². The summed E-state index contributed by atoms with van der Waals surface area (Å²) in [5.74, 6) is -1.50. The Hall–Kier alpha value is -2.15. The van der Waals surface area contributed by atoms with Crippen LogP contribution in [0.3, 0.4) is 0 Å². The fourth-order valence-electron chi connectivity index (χ4n) is 4.08. The molecule has 2 aliphatic carbocycles. The minimum absolute atomic E-state index is 0.170. The van der Waals surface area contributed by atoms with Crippen LogP contribution in [0.15, 0.2) is 43.0 Å². The minimum atomic E-state index is -4.23. The van der Waals surface area contributed by atoms with Crippen LogP contribution in [0.1, 0.15) is 73.3 Å². The zero-order valence-electron chi connectivity index (χ0n) is 17.6. The number of alkyl halides is 3. The molecule has 0 radical (unpaired) electrons. The maximum Gasteiger partial charge on any atom is 0.395 e. The fourth-order valence-corrected chi connectivity index (χ4v) is 4.08. The van der Waals surface area contributed by atoms with Crippen LogP contribution in [-0.4, -0.2) is 46.0 Å². The smallest absolute Gasteiger partial charge is 0.334 e. The summed E-state index contributed by atoms with van der Waals surface area (Å²) < 4.78 is 39.0. The Bertz CT molecular complexity index is 777. The number of rotatable bonds is 5. The van der Waals surface area contributed by atoms with E-state index in [4.69, 9.17) is 0 Å². The first-order valence-electron chi connectivity index (χ1n) is 10.6. The van der Waals surface area contributed by atoms with Crippen LogP contribution in [0, 0.1) is 0 Å². The highest BCUT2D eigenvalue weighted by molar-refractivity contribution is 5.74. The van der Waals surface area contributed by atoms with E-state index in [0.29, 0.717) is 17.9 Å². The van der Waals surface area contributed by atoms with Gasteiger partial charge in [-0.15, -0.1) is 0 Å². The van der Waals surface area contributed by atoms with Crippen molar-refractivity contribution in [2.24, 2.45) is 0 Å². The molecule has 4 rings (SSSR count). The molecule has 2 fully saturated rings. The van der Waals surface area contributed by atoms with Gasteiger partial charge in [0.15, 0.2) is 0 Å². The van der Waals surface area contributed by atoms with E-state index in [1.165, 1.54) is 62.8 Å². The lowest BCUT2D eigenvalue weighted by atomic mass is 9.90. The van der Waals surface area contributed by atoms with Crippen LogP contribution in [-0.2, 0) is 0 Å². The molecule has 1 aromatic heterocycles. The van der Waals surface area contributed by atoms with Crippen LogP contribution >= 0.6 is 0 Å². The van der Waals surface area contributed by atoms with Gasteiger partial charge in [-0.2, -0.15) is 13.2 Å². The van der Waals surface area contributed by atoms with Crippen molar-refractivity contribution in [1.82, 2.24) is 14.5 Å². The van der Waals surface area contributed by atoms with Gasteiger partial charge < -0.3 is 9.47 Å². The maximum absolute atomic E-state index is 12.2. The molecule has 7 heteroatoms. The van der Waals surface area contributed by atoms with E-state index >= 15 is 0 Å². The average molecular weight is 422 g/mol. The molecule has 0 bridgehead atoms. The number of carbonyl (C=O) groups is 1. The van der Waals surface area contributed by atoms with Gasteiger partial charge in [-0.25, -0.2) is 4.98 Å². The Morgan fingerprint density at radius 1 is 1.07 bits per heavy atom. The fraction of sp³-hybridized carbons (Fsp3) is 0.565. The third-order valence-electron chi connectivity index (χ3n) is 6.38. The number of halogens is 3. The van der Waals surface area contributed by atoms with E-state index in [9.17, 15) is 18.0 Å². The second-order valence-corrected chi connectivity index (χ2v) is 8.42. The normalized spacial score (nSPS) is 22.9. The summed E-state index contributed by atoms with van der Waals surface area (Å²) in [5, 5.41) is 0. The van der Waals surface area contributed by atoms with E-state index in [0.717, 1.165) is 19.0 Å². The van der Waals surface area contributed by atoms with Gasteiger partial charge in [0.2, 0.25) is 0 Å². The molecule has 1 atom stereocenters. The van der Waals surface area contributed by atoms with Crippen molar-refractivity contribution in [3.8, 4) is 0 Å². The van der Waals surface area contributed by atoms with Crippen LogP contribution in [0.4, 0.5) is 13.2 Å². The molecule has 2 saturated carbocycles. The highest BCUT2D eigenvalue weighted by Gasteiger charge is 2.36. The van der Waals surface area contributed by atoms with Crippen LogP contribution in [0.25, 0.3) is 0 Å². The number of hydrogen-bond donors (Lipinski definition) is 0. The summed E-state index contributed by atoms with van der Waals surface area (Å²) in [6.07, 6.45) is 10.5. The van der Waals surface area contributed by atoms with E-state index in [1.54, 1.807) is 0 Å². The first-order valence-corrected chi connectivity index (χ1v) is 10.6. The van der Waals surface area contributed by atoms with Gasteiger partial charge >= 0.3 is 6.18 Å². The number of carbonyl (C=O) groups excluding carboxylic acids is 1. The zero-order chi connectivity index (χ0) is 21.7. The number of imidazole rings is 1. The van der Waals surface area contributed by atoms with Crippen LogP contribution in [0.5, 0.6) is 0 Å². The second kappa shape index (κ2) is 9.77. The number of hydrogen-bond acceptors (Lipinski definition) is 3. The van der Waals surface area contributed by atoms with Gasteiger partial charge in [0.1, 0.15) is 6.29 Å². The standard InChI is InChI=1S/C13H21N3.C10H9F3O/c1-15(11-2-3-11)12-4-6-13(7-5-12)16-9-8-14-10-16;1-7(10(11,12)13)9-4-2-8(6-14)3-5-9/h8-13H,2-7H2,1H3;2-7H,1H3. The quantitative estimate of drug-likeness (QED) is 0.588. The Morgan fingerprint density at radius 3 is 2.07 bits per heavy atom. The SMILES string of the molecule is CC(c1ccc(C=O)cc1)C(F)(F)F.CN(C1CC1)C1CCC(n2ccnc2)CC1. The van der Waals surface area contributed by atoms with Crippen molar-refractivity contribution in [2.75, 3.05) is 7.05 Å². The molecular formula is C23H30F3N3O. The summed E-state index contributed by atoms with van der Waals surface area (Å²) in [5.41, 5.74) is 0.547. The lowest BCUT2D eigenvalue weighted by molar-refractivity contribution is -0.146. The van der Waals surface area contributed by atoms with Gasteiger partial charge in [0.25, 0.3) is 0 Å². The summed E-state index contributed by atoms with van der Waals surface area (Å²) in [7, 11) is 2.32. The van der Waals surface area contributed by atoms with Crippen LogP contribution < -0.4 is 0 Å². The third-order valence-corrected chi connectivity index (χ3v) is 6.38. The Balaban J connectivity index is 0.000000173. The summed E-state index contributed by atoms with van der Waals surface area (Å²) in [4.78, 5) is 17.0. The van der Waals surface area contributed by atoms with Crippen molar-refractivity contribution >= 4 is 6.29 Å². The lowest BCUT2D eigenvalue weighted by Gasteiger charge is -2.35. The van der Waals surface area contributed by atoms with E-state index in [-0.39, 0.29) is 5.56 Å². The molecule has 0 aliphatic heterocycles. The van der Waals surface area contributed by atoms with Gasteiger partial charge in [0, 0.05) is 36.1 Å². The molecule has 0 spiro atoms. The molecule has 2 aromatic rings. The number of aldehydes is 1. The minimum Gasteiger partial charge on any atom is -0.334 e. The number of benzene rings is 1. The maximum atomic E-state index is 12.2. The average Bonchev–Trinajstić information content (AvgIpc) is 3.46. The van der Waals surface area contributed by atoms with Gasteiger partial charge in [0.05, 0.1) is 12.2 Å². The first-order chi connectivity index (χ1) is 14.3. The van der Waals surface area contributed by atoms with Crippen LogP contribution in [0.2, 0.25) is 0 Å². The third kappa shape index (κ3) is 5.94. The highest BCUT2D eigenvalue weighted by Crippen LogP contribution is 2.36. The van der Waals surface area contributed by atoms with Gasteiger partial charge in [-0.05, 0) is 58.1 Å². The zero-order valence-corrected chi connectivity index (χ0v) is 17.6. The Labute approximate surface area is 176 Å². The van der Waals surface area contributed by atoms with Crippen molar-refractivity contribution in [3.05, 3.63) is 54.1 Å². The first kappa shape index (κ1) is 22.5. The van der Waals surface area contributed by atoms with E-state index in [1.807, 2.05) is 12.5 Å². The lowest BCUT2D eigenvalue weighted by Crippen LogP contribution is -2.36. The van der Waals surface area contributed by atoms with Crippen molar-refractivity contribution < 1.29 is 18.0 Å². The molecule has 0 N–H and O–H groups in total. The molecule has 1 unspecified atom stereocenters. The molecule has 2 aliphatic rings. The topological polar surface area (TPSA) is 38.1 Å². The predicted molar refractivity (Wildman–Crippen MR) is 111 cm³/mol. The molecule has 164 valence electrons. The van der Waals surface area contributed by atoms with E-state index < -0.39 is 12.1 Å². The summed E-state index contributed by atoms with van der Waals surface area (Å²) in [6.45, 7) is 1.09. The largest absolute Gasteiger partial charge is 0.395 e. The molecule has 4 nitrogen and oxygen atoms in total. The monoisotopic (exact) mass is 421 g/mol. The number of aromatic nitrogens is 2. The molecule has 1 heterocycles. The second-order valence-electron chi connectivity index (χ2n) is 8.42. The van der Waals surface area contributed by atoms with E-state index in [2.05, 4.69) is 27.7 Å². The van der Waals surface area contributed by atoms with Crippen molar-refractivity contribution in [3.63, 3.8) is 0 Å². The number of nitrogens with zero attached hydrogens (tertiary/aromatic N) is 3. The predicted octanol–water partition coefficient (Wildman–Crippen LogP) is 5.63. The Kier molecular flexibility index (Phi) is 7.34. The molecule has 30 heavy (non-hydrogen) atoms. The van der Waals surface area contributed by atoms with Crippen molar-refractivity contribution in [2.45, 2.75) is 75.7 Å². The van der Waals surface area contributed by atoms with Gasteiger partial charge in [-0.3, -0.25) is 4.79 Å². The molecular weight excluding hydrogens is 391 g/mol. The molecule has 1 aromatic carbocycles.